The fourth-order valence-electron chi connectivity index (χ4n) is 2.17. The van der Waals surface area contributed by atoms with Gasteiger partial charge in [0.15, 0.2) is 0 Å². The van der Waals surface area contributed by atoms with Crippen molar-refractivity contribution in [1.82, 2.24) is 10.2 Å². The van der Waals surface area contributed by atoms with Gasteiger partial charge >= 0.3 is 0 Å². The summed E-state index contributed by atoms with van der Waals surface area (Å²) in [5.74, 6) is 1.26. The van der Waals surface area contributed by atoms with E-state index in [1.54, 1.807) is 0 Å². The van der Waals surface area contributed by atoms with Gasteiger partial charge in [-0.15, -0.1) is 0 Å². The van der Waals surface area contributed by atoms with Gasteiger partial charge in [0.05, 0.1) is 0 Å². The maximum absolute atomic E-state index is 5.92. The van der Waals surface area contributed by atoms with Gasteiger partial charge in [-0.2, -0.15) is 5.10 Å². The zero-order valence-corrected chi connectivity index (χ0v) is 11.1. The Morgan fingerprint density at radius 3 is 2.56 bits per heavy atom. The fourth-order valence-corrected chi connectivity index (χ4v) is 2.17. The van der Waals surface area contributed by atoms with Crippen LogP contribution in [0.15, 0.2) is 30.3 Å². The van der Waals surface area contributed by atoms with Crippen LogP contribution in [0, 0.1) is 5.92 Å². The van der Waals surface area contributed by atoms with E-state index < -0.39 is 0 Å². The Morgan fingerprint density at radius 1 is 1.17 bits per heavy atom. The predicted molar refractivity (Wildman–Crippen MR) is 75.4 cm³/mol. The molecule has 96 valence electrons. The number of H-pyrrole nitrogens is 1. The largest absolute Gasteiger partial charge is 0.382 e. The molecule has 0 amide bonds. The number of anilines is 1. The average molecular weight is 243 g/mol. The first kappa shape index (κ1) is 12.7. The highest BCUT2D eigenvalue weighted by molar-refractivity contribution is 5.42. The van der Waals surface area contributed by atoms with Gasteiger partial charge in [0.1, 0.15) is 5.82 Å². The quantitative estimate of drug-likeness (QED) is 0.848. The van der Waals surface area contributed by atoms with Gasteiger partial charge in [0.25, 0.3) is 0 Å². The third-order valence-electron chi connectivity index (χ3n) is 3.10. The molecule has 0 atom stereocenters. The third-order valence-corrected chi connectivity index (χ3v) is 3.10. The molecule has 1 aromatic heterocycles. The topological polar surface area (TPSA) is 54.7 Å². The summed E-state index contributed by atoms with van der Waals surface area (Å²) in [5, 5.41) is 7.21. The Bertz CT molecular complexity index is 486. The summed E-state index contributed by atoms with van der Waals surface area (Å²) in [6.45, 7) is 4.40. The maximum Gasteiger partial charge on any atom is 0.148 e. The van der Waals surface area contributed by atoms with Crippen molar-refractivity contribution in [1.29, 1.82) is 0 Å². The highest BCUT2D eigenvalue weighted by Gasteiger charge is 2.12. The van der Waals surface area contributed by atoms with Gasteiger partial charge < -0.3 is 5.73 Å². The SMILES string of the molecule is CC(C)Cc1c(N)n[nH]c1CCc1ccccc1. The Labute approximate surface area is 108 Å². The molecule has 0 aliphatic heterocycles. The molecule has 0 aliphatic rings. The third kappa shape index (κ3) is 3.13. The second-order valence-corrected chi connectivity index (χ2v) is 5.15. The second-order valence-electron chi connectivity index (χ2n) is 5.15. The number of nitrogens with one attached hydrogen (secondary N) is 1. The zero-order chi connectivity index (χ0) is 13.0. The lowest BCUT2D eigenvalue weighted by atomic mass is 9.99. The van der Waals surface area contributed by atoms with E-state index >= 15 is 0 Å². The smallest absolute Gasteiger partial charge is 0.148 e. The average Bonchev–Trinajstić information content (AvgIpc) is 2.69. The Morgan fingerprint density at radius 2 is 1.89 bits per heavy atom. The van der Waals surface area contributed by atoms with E-state index in [0.717, 1.165) is 19.3 Å². The summed E-state index contributed by atoms with van der Waals surface area (Å²) in [4.78, 5) is 0. The standard InChI is InChI=1S/C15H21N3/c1-11(2)10-13-14(17-18-15(13)16)9-8-12-6-4-3-5-7-12/h3-7,11H,8-10H2,1-2H3,(H3,16,17,18). The molecule has 0 bridgehead atoms. The number of aryl methyl sites for hydroxylation is 2. The Balaban J connectivity index is 2.05. The van der Waals surface area contributed by atoms with Crippen LogP contribution < -0.4 is 5.73 Å². The van der Waals surface area contributed by atoms with Crippen LogP contribution in [0.3, 0.4) is 0 Å². The number of rotatable bonds is 5. The molecule has 2 rings (SSSR count). The van der Waals surface area contributed by atoms with Crippen molar-refractivity contribution >= 4 is 5.82 Å². The number of aromatic nitrogens is 2. The highest BCUT2D eigenvalue weighted by Crippen LogP contribution is 2.19. The van der Waals surface area contributed by atoms with Crippen LogP contribution in [0.25, 0.3) is 0 Å². The molecule has 0 aliphatic carbocycles. The van der Waals surface area contributed by atoms with Crippen molar-refractivity contribution < 1.29 is 0 Å². The van der Waals surface area contributed by atoms with Crippen molar-refractivity contribution in [2.75, 3.05) is 5.73 Å². The van der Waals surface area contributed by atoms with E-state index in [2.05, 4.69) is 48.3 Å². The van der Waals surface area contributed by atoms with Crippen LogP contribution in [0.1, 0.15) is 30.7 Å². The van der Waals surface area contributed by atoms with E-state index in [1.807, 2.05) is 6.07 Å². The molecule has 3 heteroatoms. The Kier molecular flexibility index (Phi) is 4.03. The summed E-state index contributed by atoms with van der Waals surface area (Å²) in [6.07, 6.45) is 2.98. The minimum atomic E-state index is 0.598. The molecule has 3 N–H and O–H groups in total. The minimum Gasteiger partial charge on any atom is -0.382 e. The van der Waals surface area contributed by atoms with Crippen LogP contribution in [-0.4, -0.2) is 10.2 Å². The molecule has 0 spiro atoms. The van der Waals surface area contributed by atoms with Crippen molar-refractivity contribution in [3.63, 3.8) is 0 Å². The molecule has 2 aromatic rings. The zero-order valence-electron chi connectivity index (χ0n) is 11.1. The lowest BCUT2D eigenvalue weighted by Gasteiger charge is -2.07. The summed E-state index contributed by atoms with van der Waals surface area (Å²) >= 11 is 0. The first-order valence-corrected chi connectivity index (χ1v) is 6.52. The number of nitrogen functional groups attached to an aromatic ring is 1. The van der Waals surface area contributed by atoms with Crippen molar-refractivity contribution in [2.45, 2.75) is 33.1 Å². The summed E-state index contributed by atoms with van der Waals surface area (Å²) in [6, 6.07) is 10.5. The summed E-state index contributed by atoms with van der Waals surface area (Å²) in [7, 11) is 0. The van der Waals surface area contributed by atoms with Gasteiger partial charge in [-0.3, -0.25) is 5.10 Å². The monoisotopic (exact) mass is 243 g/mol. The minimum absolute atomic E-state index is 0.598. The molecule has 0 saturated carbocycles. The second kappa shape index (κ2) is 5.71. The van der Waals surface area contributed by atoms with Crippen molar-refractivity contribution in [3.8, 4) is 0 Å². The van der Waals surface area contributed by atoms with Gasteiger partial charge in [-0.05, 0) is 30.7 Å². The van der Waals surface area contributed by atoms with E-state index in [4.69, 9.17) is 5.73 Å². The van der Waals surface area contributed by atoms with Crippen LogP contribution in [-0.2, 0) is 19.3 Å². The van der Waals surface area contributed by atoms with Gasteiger partial charge in [-0.25, -0.2) is 0 Å². The molecule has 3 nitrogen and oxygen atoms in total. The summed E-state index contributed by atoms with van der Waals surface area (Å²) in [5.41, 5.74) is 9.65. The molecular weight excluding hydrogens is 222 g/mol. The number of hydrogen-bond acceptors (Lipinski definition) is 2. The number of aromatic amines is 1. The summed E-state index contributed by atoms with van der Waals surface area (Å²) < 4.78 is 0. The van der Waals surface area contributed by atoms with Crippen LogP contribution in [0.5, 0.6) is 0 Å². The van der Waals surface area contributed by atoms with E-state index in [0.29, 0.717) is 11.7 Å². The molecule has 0 unspecified atom stereocenters. The number of nitrogens with zero attached hydrogens (tertiary/aromatic N) is 1. The van der Waals surface area contributed by atoms with Gasteiger partial charge in [0.2, 0.25) is 0 Å². The molecular formula is C15H21N3. The van der Waals surface area contributed by atoms with Crippen LogP contribution >= 0.6 is 0 Å². The maximum atomic E-state index is 5.92. The lowest BCUT2D eigenvalue weighted by Crippen LogP contribution is -2.02. The molecule has 0 saturated heterocycles. The number of hydrogen-bond donors (Lipinski definition) is 2. The van der Waals surface area contributed by atoms with E-state index in [-0.39, 0.29) is 0 Å². The first-order chi connectivity index (χ1) is 8.66. The lowest BCUT2D eigenvalue weighted by molar-refractivity contribution is 0.643. The first-order valence-electron chi connectivity index (χ1n) is 6.52. The molecule has 0 radical (unpaired) electrons. The van der Waals surface area contributed by atoms with Gasteiger partial charge in [0, 0.05) is 11.3 Å². The molecule has 1 aromatic carbocycles. The predicted octanol–water partition coefficient (Wildman–Crippen LogP) is 2.98. The molecule has 0 fully saturated rings. The van der Waals surface area contributed by atoms with Crippen molar-refractivity contribution in [2.24, 2.45) is 5.92 Å². The molecule has 1 heterocycles. The van der Waals surface area contributed by atoms with Crippen LogP contribution in [0.2, 0.25) is 0 Å². The Hall–Kier alpha value is -1.77. The van der Waals surface area contributed by atoms with Crippen molar-refractivity contribution in [3.05, 3.63) is 47.2 Å². The number of benzene rings is 1. The fraction of sp³-hybridized carbons (Fsp3) is 0.400. The van der Waals surface area contributed by atoms with E-state index in [1.165, 1.54) is 16.8 Å². The molecule has 18 heavy (non-hydrogen) atoms. The van der Waals surface area contributed by atoms with E-state index in [9.17, 15) is 0 Å². The number of nitrogens with two attached hydrogens (primary N) is 1. The van der Waals surface area contributed by atoms with Crippen LogP contribution in [0.4, 0.5) is 5.82 Å². The normalized spacial score (nSPS) is 11.1. The van der Waals surface area contributed by atoms with Gasteiger partial charge in [-0.1, -0.05) is 44.2 Å². The highest BCUT2D eigenvalue weighted by atomic mass is 15.2.